The Hall–Kier alpha value is -2.61. The Morgan fingerprint density at radius 2 is 1.95 bits per heavy atom. The summed E-state index contributed by atoms with van der Waals surface area (Å²) in [5, 5.41) is 8.74. The van der Waals surface area contributed by atoms with Crippen molar-refractivity contribution >= 4 is 11.5 Å². The van der Waals surface area contributed by atoms with Crippen molar-refractivity contribution in [2.24, 2.45) is 0 Å². The van der Waals surface area contributed by atoms with E-state index < -0.39 is 0 Å². The van der Waals surface area contributed by atoms with E-state index in [-0.39, 0.29) is 0 Å². The number of nitrogens with zero attached hydrogens (tertiary/aromatic N) is 4. The minimum absolute atomic E-state index is 0.409. The average molecular weight is 253 g/mol. The number of anilines is 2. The third-order valence-corrected chi connectivity index (χ3v) is 2.69. The molecular weight excluding hydrogens is 238 g/mol. The molecule has 0 fully saturated rings. The van der Waals surface area contributed by atoms with Crippen LogP contribution >= 0.6 is 0 Å². The van der Waals surface area contributed by atoms with Crippen LogP contribution in [0.2, 0.25) is 0 Å². The summed E-state index contributed by atoms with van der Waals surface area (Å²) >= 11 is 0. The summed E-state index contributed by atoms with van der Waals surface area (Å²) in [7, 11) is 0. The third-order valence-electron chi connectivity index (χ3n) is 2.69. The van der Waals surface area contributed by atoms with Crippen molar-refractivity contribution in [3.05, 3.63) is 48.4 Å². The highest BCUT2D eigenvalue weighted by Gasteiger charge is 2.07. The van der Waals surface area contributed by atoms with Gasteiger partial charge in [-0.1, -0.05) is 18.2 Å². The minimum Gasteiger partial charge on any atom is -0.382 e. The SMILES string of the molecule is N#CCCN(Cc1cnc(N)cn1)c1ccccc1. The van der Waals surface area contributed by atoms with E-state index in [9.17, 15) is 0 Å². The zero-order chi connectivity index (χ0) is 13.5. The van der Waals surface area contributed by atoms with Crippen molar-refractivity contribution in [2.45, 2.75) is 13.0 Å². The summed E-state index contributed by atoms with van der Waals surface area (Å²) in [6.45, 7) is 1.27. The molecule has 96 valence electrons. The molecule has 0 unspecified atom stereocenters. The first-order valence-corrected chi connectivity index (χ1v) is 6.03. The molecule has 1 aromatic carbocycles. The number of nitrogen functional groups attached to an aromatic ring is 1. The van der Waals surface area contributed by atoms with Crippen LogP contribution < -0.4 is 10.6 Å². The van der Waals surface area contributed by atoms with E-state index in [1.54, 1.807) is 12.4 Å². The Labute approximate surface area is 112 Å². The first-order chi connectivity index (χ1) is 9.29. The van der Waals surface area contributed by atoms with Crippen molar-refractivity contribution in [2.75, 3.05) is 17.2 Å². The van der Waals surface area contributed by atoms with Crippen molar-refractivity contribution in [1.29, 1.82) is 5.26 Å². The molecule has 0 atom stereocenters. The molecule has 2 N–H and O–H groups in total. The van der Waals surface area contributed by atoms with Crippen molar-refractivity contribution in [3.63, 3.8) is 0 Å². The molecule has 0 amide bonds. The van der Waals surface area contributed by atoms with Crippen LogP contribution in [0, 0.1) is 11.3 Å². The fourth-order valence-electron chi connectivity index (χ4n) is 1.77. The molecule has 2 aromatic rings. The van der Waals surface area contributed by atoms with Gasteiger partial charge < -0.3 is 10.6 Å². The normalized spacial score (nSPS) is 9.84. The van der Waals surface area contributed by atoms with Gasteiger partial charge in [-0.15, -0.1) is 0 Å². The number of hydrogen-bond acceptors (Lipinski definition) is 5. The second-order valence-corrected chi connectivity index (χ2v) is 4.10. The standard InChI is InChI=1S/C14H15N5/c15-7-4-8-19(13-5-2-1-3-6-13)11-12-9-18-14(16)10-17-12/h1-3,5-6,9-10H,4,8,11H2,(H2,16,18). The van der Waals surface area contributed by atoms with Gasteiger partial charge in [-0.3, -0.25) is 4.98 Å². The fraction of sp³-hybridized carbons (Fsp3) is 0.214. The van der Waals surface area contributed by atoms with Gasteiger partial charge in [-0.2, -0.15) is 5.26 Å². The molecule has 0 radical (unpaired) electrons. The highest BCUT2D eigenvalue weighted by molar-refractivity contribution is 5.46. The molecule has 0 aliphatic heterocycles. The van der Waals surface area contributed by atoms with Crippen LogP contribution in [-0.4, -0.2) is 16.5 Å². The predicted molar refractivity (Wildman–Crippen MR) is 74.2 cm³/mol. The Morgan fingerprint density at radius 1 is 1.16 bits per heavy atom. The van der Waals surface area contributed by atoms with Crippen molar-refractivity contribution in [1.82, 2.24) is 9.97 Å². The number of benzene rings is 1. The summed E-state index contributed by atoms with van der Waals surface area (Å²) in [4.78, 5) is 10.4. The van der Waals surface area contributed by atoms with Gasteiger partial charge in [0.25, 0.3) is 0 Å². The molecule has 19 heavy (non-hydrogen) atoms. The summed E-state index contributed by atoms with van der Waals surface area (Å²) in [6, 6.07) is 12.1. The van der Waals surface area contributed by atoms with E-state index in [1.807, 2.05) is 30.3 Å². The lowest BCUT2D eigenvalue weighted by Crippen LogP contribution is -2.24. The maximum Gasteiger partial charge on any atom is 0.141 e. The Bertz CT molecular complexity index is 544. The quantitative estimate of drug-likeness (QED) is 0.881. The lowest BCUT2D eigenvalue weighted by Gasteiger charge is -2.23. The Kier molecular flexibility index (Phi) is 4.29. The monoisotopic (exact) mass is 253 g/mol. The lowest BCUT2D eigenvalue weighted by molar-refractivity contribution is 0.777. The van der Waals surface area contributed by atoms with E-state index >= 15 is 0 Å². The van der Waals surface area contributed by atoms with Crippen LogP contribution in [0.4, 0.5) is 11.5 Å². The summed E-state index contributed by atoms with van der Waals surface area (Å²) in [6.07, 6.45) is 3.68. The molecule has 0 saturated carbocycles. The summed E-state index contributed by atoms with van der Waals surface area (Å²) < 4.78 is 0. The van der Waals surface area contributed by atoms with Crippen LogP contribution in [-0.2, 0) is 6.54 Å². The minimum atomic E-state index is 0.409. The molecule has 0 aliphatic rings. The first kappa shape index (κ1) is 12.8. The van der Waals surface area contributed by atoms with Gasteiger partial charge in [-0.05, 0) is 12.1 Å². The van der Waals surface area contributed by atoms with E-state index in [0.717, 1.165) is 11.4 Å². The number of aromatic nitrogens is 2. The number of rotatable bonds is 5. The number of hydrogen-bond donors (Lipinski definition) is 1. The molecule has 5 nitrogen and oxygen atoms in total. The van der Waals surface area contributed by atoms with Crippen molar-refractivity contribution < 1.29 is 0 Å². The van der Waals surface area contributed by atoms with Gasteiger partial charge in [0.2, 0.25) is 0 Å². The van der Waals surface area contributed by atoms with Crippen LogP contribution in [0.1, 0.15) is 12.1 Å². The van der Waals surface area contributed by atoms with E-state index in [1.165, 1.54) is 0 Å². The summed E-state index contributed by atoms with van der Waals surface area (Å²) in [5.41, 5.74) is 7.41. The second-order valence-electron chi connectivity index (χ2n) is 4.10. The molecule has 2 rings (SSSR count). The average Bonchev–Trinajstić information content (AvgIpc) is 2.46. The lowest BCUT2D eigenvalue weighted by atomic mass is 10.2. The largest absolute Gasteiger partial charge is 0.382 e. The maximum absolute atomic E-state index is 8.74. The highest BCUT2D eigenvalue weighted by atomic mass is 15.1. The van der Waals surface area contributed by atoms with E-state index in [2.05, 4.69) is 20.9 Å². The van der Waals surface area contributed by atoms with Gasteiger partial charge in [0.05, 0.1) is 37.1 Å². The molecule has 0 saturated heterocycles. The second kappa shape index (κ2) is 6.36. The van der Waals surface area contributed by atoms with Gasteiger partial charge in [0, 0.05) is 12.2 Å². The highest BCUT2D eigenvalue weighted by Crippen LogP contribution is 2.16. The number of para-hydroxylation sites is 1. The van der Waals surface area contributed by atoms with Gasteiger partial charge >= 0.3 is 0 Å². The van der Waals surface area contributed by atoms with Gasteiger partial charge in [0.15, 0.2) is 0 Å². The fourth-order valence-corrected chi connectivity index (χ4v) is 1.77. The smallest absolute Gasteiger partial charge is 0.141 e. The maximum atomic E-state index is 8.74. The molecule has 1 aromatic heterocycles. The van der Waals surface area contributed by atoms with Gasteiger partial charge in [0.1, 0.15) is 5.82 Å². The molecule has 0 bridgehead atoms. The Morgan fingerprint density at radius 3 is 2.58 bits per heavy atom. The number of nitrogens with two attached hydrogens (primary N) is 1. The molecule has 1 heterocycles. The third kappa shape index (κ3) is 3.68. The molecule has 5 heteroatoms. The van der Waals surface area contributed by atoms with Crippen LogP contribution in [0.25, 0.3) is 0 Å². The zero-order valence-electron chi connectivity index (χ0n) is 10.5. The van der Waals surface area contributed by atoms with Crippen LogP contribution in [0.5, 0.6) is 0 Å². The molecule has 0 spiro atoms. The van der Waals surface area contributed by atoms with Gasteiger partial charge in [-0.25, -0.2) is 4.98 Å². The molecular formula is C14H15N5. The van der Waals surface area contributed by atoms with E-state index in [0.29, 0.717) is 25.3 Å². The van der Waals surface area contributed by atoms with Crippen LogP contribution in [0.15, 0.2) is 42.7 Å². The number of nitriles is 1. The first-order valence-electron chi connectivity index (χ1n) is 6.03. The predicted octanol–water partition coefficient (Wildman–Crippen LogP) is 1.98. The molecule has 0 aliphatic carbocycles. The van der Waals surface area contributed by atoms with Crippen LogP contribution in [0.3, 0.4) is 0 Å². The topological polar surface area (TPSA) is 78.8 Å². The zero-order valence-corrected chi connectivity index (χ0v) is 10.5. The Balaban J connectivity index is 2.14. The van der Waals surface area contributed by atoms with Crippen molar-refractivity contribution in [3.8, 4) is 6.07 Å². The summed E-state index contributed by atoms with van der Waals surface area (Å²) in [5.74, 6) is 0.409. The van der Waals surface area contributed by atoms with E-state index in [4.69, 9.17) is 11.0 Å².